The van der Waals surface area contributed by atoms with Crippen LogP contribution in [0.15, 0.2) is 48.5 Å². The number of amides is 2. The molecule has 0 aliphatic carbocycles. The number of rotatable bonds is 5. The summed E-state index contributed by atoms with van der Waals surface area (Å²) in [5.74, 6) is -0.179. The molecule has 5 heteroatoms. The maximum absolute atomic E-state index is 11.9. The van der Waals surface area contributed by atoms with Crippen LogP contribution in [-0.4, -0.2) is 11.8 Å². The Kier molecular flexibility index (Phi) is 5.55. The van der Waals surface area contributed by atoms with Crippen LogP contribution in [0.3, 0.4) is 0 Å². The number of anilines is 2. The number of nitrogens with one attached hydrogen (secondary N) is 2. The van der Waals surface area contributed by atoms with Crippen molar-refractivity contribution in [1.82, 2.24) is 0 Å². The molecule has 0 unspecified atom stereocenters. The number of carbonyl (C=O) groups is 2. The van der Waals surface area contributed by atoms with Crippen LogP contribution < -0.4 is 10.6 Å². The molecule has 0 spiro atoms. The van der Waals surface area contributed by atoms with E-state index in [-0.39, 0.29) is 11.8 Å². The van der Waals surface area contributed by atoms with Gasteiger partial charge in [-0.1, -0.05) is 23.7 Å². The van der Waals surface area contributed by atoms with Crippen molar-refractivity contribution < 1.29 is 9.59 Å². The van der Waals surface area contributed by atoms with E-state index in [0.717, 1.165) is 5.56 Å². The highest BCUT2D eigenvalue weighted by Gasteiger charge is 2.04. The number of hydrogen-bond acceptors (Lipinski definition) is 2. The molecule has 0 aliphatic rings. The zero-order chi connectivity index (χ0) is 15.9. The smallest absolute Gasteiger partial charge is 0.224 e. The van der Waals surface area contributed by atoms with E-state index in [4.69, 9.17) is 11.6 Å². The molecule has 0 bridgehead atoms. The van der Waals surface area contributed by atoms with Gasteiger partial charge in [0.1, 0.15) is 0 Å². The SMILES string of the molecule is CC(=O)Nc1ccc(NC(=O)CCc2ccc(Cl)cc2)cc1. The third-order valence-corrected chi connectivity index (χ3v) is 3.29. The molecule has 2 N–H and O–H groups in total. The minimum absolute atomic E-state index is 0.0535. The average Bonchev–Trinajstić information content (AvgIpc) is 2.48. The molecule has 2 aromatic carbocycles. The second-order valence-corrected chi connectivity index (χ2v) is 5.37. The topological polar surface area (TPSA) is 58.2 Å². The second kappa shape index (κ2) is 7.61. The lowest BCUT2D eigenvalue weighted by molar-refractivity contribution is -0.116. The Balaban J connectivity index is 1.83. The van der Waals surface area contributed by atoms with Crippen molar-refractivity contribution in [1.29, 1.82) is 0 Å². The van der Waals surface area contributed by atoms with E-state index < -0.39 is 0 Å². The van der Waals surface area contributed by atoms with Crippen molar-refractivity contribution in [2.75, 3.05) is 10.6 Å². The van der Waals surface area contributed by atoms with Gasteiger partial charge in [-0.25, -0.2) is 0 Å². The Hall–Kier alpha value is -2.33. The molecule has 0 aliphatic heterocycles. The highest BCUT2D eigenvalue weighted by atomic mass is 35.5. The zero-order valence-corrected chi connectivity index (χ0v) is 13.0. The number of halogens is 1. The Morgan fingerprint density at radius 1 is 0.909 bits per heavy atom. The van der Waals surface area contributed by atoms with Gasteiger partial charge in [0.2, 0.25) is 11.8 Å². The van der Waals surface area contributed by atoms with Crippen molar-refractivity contribution in [3.05, 3.63) is 59.1 Å². The number of carbonyl (C=O) groups excluding carboxylic acids is 2. The minimum atomic E-state index is -0.125. The predicted octanol–water partition coefficient (Wildman–Crippen LogP) is 3.87. The molecule has 0 atom stereocenters. The van der Waals surface area contributed by atoms with Crippen molar-refractivity contribution >= 4 is 34.8 Å². The molecule has 2 amide bonds. The van der Waals surface area contributed by atoms with Crippen LogP contribution in [0, 0.1) is 0 Å². The van der Waals surface area contributed by atoms with Gasteiger partial charge in [-0.05, 0) is 48.4 Å². The third-order valence-electron chi connectivity index (χ3n) is 3.04. The summed E-state index contributed by atoms with van der Waals surface area (Å²) >= 11 is 5.82. The van der Waals surface area contributed by atoms with Gasteiger partial charge in [-0.15, -0.1) is 0 Å². The predicted molar refractivity (Wildman–Crippen MR) is 89.1 cm³/mol. The summed E-state index contributed by atoms with van der Waals surface area (Å²) in [7, 11) is 0. The molecule has 22 heavy (non-hydrogen) atoms. The quantitative estimate of drug-likeness (QED) is 0.879. The molecule has 0 radical (unpaired) electrons. The first-order valence-electron chi connectivity index (χ1n) is 6.95. The summed E-state index contributed by atoms with van der Waals surface area (Å²) in [6.07, 6.45) is 1.06. The first kappa shape index (κ1) is 16.0. The average molecular weight is 317 g/mol. The van der Waals surface area contributed by atoms with E-state index in [1.54, 1.807) is 24.3 Å². The molecular formula is C17H17ClN2O2. The summed E-state index contributed by atoms with van der Waals surface area (Å²) in [5.41, 5.74) is 2.47. The third kappa shape index (κ3) is 5.22. The largest absolute Gasteiger partial charge is 0.326 e. The summed E-state index contributed by atoms with van der Waals surface area (Å²) < 4.78 is 0. The lowest BCUT2D eigenvalue weighted by Crippen LogP contribution is -2.12. The first-order valence-corrected chi connectivity index (χ1v) is 7.33. The molecule has 2 rings (SSSR count). The second-order valence-electron chi connectivity index (χ2n) is 4.93. The molecule has 0 heterocycles. The lowest BCUT2D eigenvalue weighted by atomic mass is 10.1. The van der Waals surface area contributed by atoms with Gasteiger partial charge < -0.3 is 10.6 Å². The van der Waals surface area contributed by atoms with Gasteiger partial charge in [0, 0.05) is 29.7 Å². The van der Waals surface area contributed by atoms with Crippen LogP contribution in [-0.2, 0) is 16.0 Å². The van der Waals surface area contributed by atoms with Crippen LogP contribution in [0.25, 0.3) is 0 Å². The van der Waals surface area contributed by atoms with Gasteiger partial charge in [0.05, 0.1) is 0 Å². The molecule has 0 fully saturated rings. The lowest BCUT2D eigenvalue weighted by Gasteiger charge is -2.07. The van der Waals surface area contributed by atoms with E-state index >= 15 is 0 Å². The van der Waals surface area contributed by atoms with Gasteiger partial charge in [-0.3, -0.25) is 9.59 Å². The maximum atomic E-state index is 11.9. The Labute approximate surface area is 134 Å². The molecule has 0 saturated carbocycles. The van der Waals surface area contributed by atoms with Crippen molar-refractivity contribution in [2.24, 2.45) is 0 Å². The molecule has 2 aromatic rings. The minimum Gasteiger partial charge on any atom is -0.326 e. The van der Waals surface area contributed by atoms with E-state index in [1.807, 2.05) is 24.3 Å². The normalized spacial score (nSPS) is 10.1. The summed E-state index contributed by atoms with van der Waals surface area (Å²) in [6.45, 7) is 1.45. The van der Waals surface area contributed by atoms with Gasteiger partial charge >= 0.3 is 0 Å². The number of aryl methyl sites for hydroxylation is 1. The maximum Gasteiger partial charge on any atom is 0.224 e. The van der Waals surface area contributed by atoms with E-state index in [9.17, 15) is 9.59 Å². The molecular weight excluding hydrogens is 300 g/mol. The van der Waals surface area contributed by atoms with Crippen molar-refractivity contribution in [3.63, 3.8) is 0 Å². The highest BCUT2D eigenvalue weighted by molar-refractivity contribution is 6.30. The van der Waals surface area contributed by atoms with Gasteiger partial charge in [0.25, 0.3) is 0 Å². The standard InChI is InChI=1S/C17H17ClN2O2/c1-12(21)19-15-7-9-16(10-8-15)20-17(22)11-4-13-2-5-14(18)6-3-13/h2-3,5-10H,4,11H2,1H3,(H,19,21)(H,20,22). The fourth-order valence-corrected chi connectivity index (χ4v) is 2.10. The fraction of sp³-hybridized carbons (Fsp3) is 0.176. The van der Waals surface area contributed by atoms with E-state index in [0.29, 0.717) is 29.2 Å². The van der Waals surface area contributed by atoms with E-state index in [1.165, 1.54) is 6.92 Å². The van der Waals surface area contributed by atoms with Crippen LogP contribution in [0.1, 0.15) is 18.9 Å². The van der Waals surface area contributed by atoms with Crippen LogP contribution in [0.5, 0.6) is 0 Å². The van der Waals surface area contributed by atoms with Crippen molar-refractivity contribution in [2.45, 2.75) is 19.8 Å². The van der Waals surface area contributed by atoms with Crippen molar-refractivity contribution in [3.8, 4) is 0 Å². The Morgan fingerprint density at radius 3 is 2.00 bits per heavy atom. The highest BCUT2D eigenvalue weighted by Crippen LogP contribution is 2.15. The summed E-state index contributed by atoms with van der Waals surface area (Å²) in [6, 6.07) is 14.5. The monoisotopic (exact) mass is 316 g/mol. The number of hydrogen-bond donors (Lipinski definition) is 2. The van der Waals surface area contributed by atoms with Gasteiger partial charge in [0.15, 0.2) is 0 Å². The van der Waals surface area contributed by atoms with Crippen LogP contribution >= 0.6 is 11.6 Å². The van der Waals surface area contributed by atoms with Crippen LogP contribution in [0.2, 0.25) is 5.02 Å². The molecule has 0 aromatic heterocycles. The Bertz CT molecular complexity index is 651. The molecule has 4 nitrogen and oxygen atoms in total. The van der Waals surface area contributed by atoms with E-state index in [2.05, 4.69) is 10.6 Å². The fourth-order valence-electron chi connectivity index (χ4n) is 1.97. The zero-order valence-electron chi connectivity index (χ0n) is 12.2. The van der Waals surface area contributed by atoms with Gasteiger partial charge in [-0.2, -0.15) is 0 Å². The summed E-state index contributed by atoms with van der Waals surface area (Å²) in [4.78, 5) is 22.8. The molecule has 114 valence electrons. The summed E-state index contributed by atoms with van der Waals surface area (Å²) in [5, 5.41) is 6.19. The molecule has 0 saturated heterocycles. The Morgan fingerprint density at radius 2 is 1.45 bits per heavy atom. The van der Waals surface area contributed by atoms with Crippen LogP contribution in [0.4, 0.5) is 11.4 Å². The number of benzene rings is 2. The first-order chi connectivity index (χ1) is 10.5.